The SMILES string of the molecule is CNc1nc(C(C)COC)nc(-c2ccccc2)c1I. The van der Waals surface area contributed by atoms with Crippen LogP contribution in [0.3, 0.4) is 0 Å². The highest BCUT2D eigenvalue weighted by Gasteiger charge is 2.16. The summed E-state index contributed by atoms with van der Waals surface area (Å²) in [4.78, 5) is 9.32. The number of anilines is 1. The minimum Gasteiger partial charge on any atom is -0.384 e. The maximum atomic E-state index is 5.21. The molecular formula is C15H18IN3O. The van der Waals surface area contributed by atoms with Gasteiger partial charge >= 0.3 is 0 Å². The maximum Gasteiger partial charge on any atom is 0.143 e. The van der Waals surface area contributed by atoms with Crippen molar-refractivity contribution >= 4 is 28.4 Å². The van der Waals surface area contributed by atoms with Crippen LogP contribution >= 0.6 is 22.6 Å². The van der Waals surface area contributed by atoms with Crippen molar-refractivity contribution in [1.29, 1.82) is 0 Å². The van der Waals surface area contributed by atoms with Crippen molar-refractivity contribution in [1.82, 2.24) is 9.97 Å². The average molecular weight is 383 g/mol. The van der Waals surface area contributed by atoms with E-state index >= 15 is 0 Å². The molecular weight excluding hydrogens is 365 g/mol. The number of halogens is 1. The van der Waals surface area contributed by atoms with Gasteiger partial charge in [0.1, 0.15) is 11.6 Å². The van der Waals surface area contributed by atoms with E-state index in [1.54, 1.807) is 7.11 Å². The molecule has 1 aromatic carbocycles. The minimum absolute atomic E-state index is 0.159. The van der Waals surface area contributed by atoms with Crippen LogP contribution in [0.15, 0.2) is 30.3 Å². The summed E-state index contributed by atoms with van der Waals surface area (Å²) in [6, 6.07) is 10.2. The largest absolute Gasteiger partial charge is 0.384 e. The van der Waals surface area contributed by atoms with E-state index < -0.39 is 0 Å². The van der Waals surface area contributed by atoms with E-state index in [4.69, 9.17) is 9.72 Å². The van der Waals surface area contributed by atoms with Crippen LogP contribution in [0.4, 0.5) is 5.82 Å². The summed E-state index contributed by atoms with van der Waals surface area (Å²) in [7, 11) is 3.57. The van der Waals surface area contributed by atoms with E-state index in [0.29, 0.717) is 6.61 Å². The average Bonchev–Trinajstić information content (AvgIpc) is 2.48. The van der Waals surface area contributed by atoms with Gasteiger partial charge in [-0.3, -0.25) is 0 Å². The molecule has 0 spiro atoms. The first-order chi connectivity index (χ1) is 9.67. The molecule has 20 heavy (non-hydrogen) atoms. The smallest absolute Gasteiger partial charge is 0.143 e. The number of nitrogens with zero attached hydrogens (tertiary/aromatic N) is 2. The molecule has 106 valence electrons. The lowest BCUT2D eigenvalue weighted by Crippen LogP contribution is -2.11. The van der Waals surface area contributed by atoms with E-state index in [2.05, 4.69) is 51.9 Å². The predicted molar refractivity (Wildman–Crippen MR) is 90.0 cm³/mol. The Morgan fingerprint density at radius 2 is 1.95 bits per heavy atom. The van der Waals surface area contributed by atoms with Gasteiger partial charge in [-0.2, -0.15) is 0 Å². The molecule has 1 unspecified atom stereocenters. The number of aromatic nitrogens is 2. The Bertz CT molecular complexity index is 575. The Hall–Kier alpha value is -1.21. The van der Waals surface area contributed by atoms with Crippen LogP contribution in [0.25, 0.3) is 11.3 Å². The van der Waals surface area contributed by atoms with E-state index in [9.17, 15) is 0 Å². The Morgan fingerprint density at radius 3 is 2.55 bits per heavy atom. The Morgan fingerprint density at radius 1 is 1.25 bits per heavy atom. The van der Waals surface area contributed by atoms with Crippen molar-refractivity contribution in [2.24, 2.45) is 0 Å². The first kappa shape index (κ1) is 15.2. The number of nitrogens with one attached hydrogen (secondary N) is 1. The van der Waals surface area contributed by atoms with Crippen molar-refractivity contribution in [3.8, 4) is 11.3 Å². The van der Waals surface area contributed by atoms with Gasteiger partial charge in [0.15, 0.2) is 0 Å². The normalized spacial score (nSPS) is 12.2. The molecule has 0 aliphatic rings. The molecule has 0 fully saturated rings. The first-order valence-corrected chi connectivity index (χ1v) is 7.54. The number of benzene rings is 1. The number of hydrogen-bond donors (Lipinski definition) is 1. The molecule has 2 aromatic rings. The number of hydrogen-bond acceptors (Lipinski definition) is 4. The molecule has 0 aliphatic carbocycles. The molecule has 2 rings (SSSR count). The highest BCUT2D eigenvalue weighted by Crippen LogP contribution is 2.29. The van der Waals surface area contributed by atoms with Gasteiger partial charge in [0, 0.05) is 25.6 Å². The second kappa shape index (κ2) is 6.99. The van der Waals surface area contributed by atoms with Gasteiger partial charge in [-0.1, -0.05) is 37.3 Å². The van der Waals surface area contributed by atoms with Crippen LogP contribution < -0.4 is 5.32 Å². The van der Waals surface area contributed by atoms with Crippen LogP contribution in [-0.2, 0) is 4.74 Å². The summed E-state index contributed by atoms with van der Waals surface area (Å²) in [5.74, 6) is 1.82. The quantitative estimate of drug-likeness (QED) is 0.803. The molecule has 1 N–H and O–H groups in total. The zero-order valence-electron chi connectivity index (χ0n) is 11.9. The summed E-state index contributed by atoms with van der Waals surface area (Å²) in [5.41, 5.74) is 2.06. The Balaban J connectivity index is 2.53. The number of methoxy groups -OCH3 is 1. The molecule has 0 amide bonds. The Labute approximate surface area is 133 Å². The summed E-state index contributed by atoms with van der Waals surface area (Å²) in [5, 5.41) is 3.14. The van der Waals surface area contributed by atoms with Crippen LogP contribution in [0.5, 0.6) is 0 Å². The van der Waals surface area contributed by atoms with Crippen LogP contribution in [0, 0.1) is 3.57 Å². The first-order valence-electron chi connectivity index (χ1n) is 6.47. The summed E-state index contributed by atoms with van der Waals surface area (Å²) in [6.07, 6.45) is 0. The summed E-state index contributed by atoms with van der Waals surface area (Å²) < 4.78 is 6.24. The van der Waals surface area contributed by atoms with Crippen molar-refractivity contribution < 1.29 is 4.74 Å². The van der Waals surface area contributed by atoms with Crippen LogP contribution in [0.1, 0.15) is 18.7 Å². The van der Waals surface area contributed by atoms with Crippen molar-refractivity contribution in [2.45, 2.75) is 12.8 Å². The highest BCUT2D eigenvalue weighted by atomic mass is 127. The van der Waals surface area contributed by atoms with Gasteiger partial charge in [-0.25, -0.2) is 9.97 Å². The second-order valence-electron chi connectivity index (χ2n) is 4.57. The molecule has 0 aliphatic heterocycles. The maximum absolute atomic E-state index is 5.21. The lowest BCUT2D eigenvalue weighted by atomic mass is 10.1. The number of rotatable bonds is 5. The molecule has 1 atom stereocenters. The third kappa shape index (κ3) is 3.27. The molecule has 0 saturated heterocycles. The summed E-state index contributed by atoms with van der Waals surface area (Å²) in [6.45, 7) is 2.68. The van der Waals surface area contributed by atoms with E-state index in [1.165, 1.54) is 0 Å². The van der Waals surface area contributed by atoms with E-state index in [0.717, 1.165) is 26.5 Å². The van der Waals surface area contributed by atoms with Gasteiger partial charge in [0.05, 0.1) is 15.9 Å². The monoisotopic (exact) mass is 383 g/mol. The summed E-state index contributed by atoms with van der Waals surface area (Å²) >= 11 is 2.29. The highest BCUT2D eigenvalue weighted by molar-refractivity contribution is 14.1. The lowest BCUT2D eigenvalue weighted by molar-refractivity contribution is 0.181. The molecule has 0 bridgehead atoms. The van der Waals surface area contributed by atoms with Gasteiger partial charge in [0.25, 0.3) is 0 Å². The molecule has 4 nitrogen and oxygen atoms in total. The molecule has 1 heterocycles. The topological polar surface area (TPSA) is 47.0 Å². The van der Waals surface area contributed by atoms with Gasteiger partial charge in [-0.05, 0) is 22.6 Å². The van der Waals surface area contributed by atoms with Crippen LogP contribution in [-0.4, -0.2) is 30.7 Å². The second-order valence-corrected chi connectivity index (χ2v) is 5.64. The lowest BCUT2D eigenvalue weighted by Gasteiger charge is -2.15. The van der Waals surface area contributed by atoms with Gasteiger partial charge < -0.3 is 10.1 Å². The number of ether oxygens (including phenoxy) is 1. The molecule has 0 saturated carbocycles. The van der Waals surface area contributed by atoms with Gasteiger partial charge in [-0.15, -0.1) is 0 Å². The molecule has 1 aromatic heterocycles. The van der Waals surface area contributed by atoms with Crippen LogP contribution in [0.2, 0.25) is 0 Å². The van der Waals surface area contributed by atoms with Crippen molar-refractivity contribution in [3.63, 3.8) is 0 Å². The zero-order chi connectivity index (χ0) is 14.5. The fraction of sp³-hybridized carbons (Fsp3) is 0.333. The Kier molecular flexibility index (Phi) is 5.31. The zero-order valence-corrected chi connectivity index (χ0v) is 14.0. The predicted octanol–water partition coefficient (Wildman–Crippen LogP) is 3.54. The van der Waals surface area contributed by atoms with Gasteiger partial charge in [0.2, 0.25) is 0 Å². The van der Waals surface area contributed by atoms with Crippen molar-refractivity contribution in [3.05, 3.63) is 39.7 Å². The fourth-order valence-electron chi connectivity index (χ4n) is 1.96. The molecule has 0 radical (unpaired) electrons. The van der Waals surface area contributed by atoms with E-state index in [-0.39, 0.29) is 5.92 Å². The third-order valence-corrected chi connectivity index (χ3v) is 4.03. The van der Waals surface area contributed by atoms with Crippen molar-refractivity contribution in [2.75, 3.05) is 26.1 Å². The minimum atomic E-state index is 0.159. The third-order valence-electron chi connectivity index (χ3n) is 3.01. The molecule has 5 heteroatoms. The van der Waals surface area contributed by atoms with E-state index in [1.807, 2.05) is 25.2 Å². The fourth-order valence-corrected chi connectivity index (χ4v) is 2.78. The standard InChI is InChI=1S/C15H18IN3O/c1-10(9-20-3)14-18-13(11-7-5-4-6-8-11)12(16)15(17-2)19-14/h4-8,10H,9H2,1-3H3,(H,17,18,19).